The Morgan fingerprint density at radius 3 is 1.12 bits per heavy atom. The molecule has 0 bridgehead atoms. The third-order valence-electron chi connectivity index (χ3n) is 5.27. The third-order valence-corrected chi connectivity index (χ3v) is 5.27. The number of rotatable bonds is 2. The van der Waals surface area contributed by atoms with Crippen LogP contribution in [0.2, 0.25) is 0 Å². The minimum absolute atomic E-state index is 0. The molecule has 0 aliphatic heterocycles. The van der Waals surface area contributed by atoms with Gasteiger partial charge in [-0.1, -0.05) is 65.8 Å². The second kappa shape index (κ2) is 17.1. The maximum Gasteiger partial charge on any atom is 2.00 e. The van der Waals surface area contributed by atoms with Gasteiger partial charge in [-0.05, 0) is 48.2 Å². The van der Waals surface area contributed by atoms with Crippen molar-refractivity contribution in [2.75, 3.05) is 0 Å². The van der Waals surface area contributed by atoms with E-state index >= 15 is 0 Å². The van der Waals surface area contributed by atoms with Gasteiger partial charge in [0.2, 0.25) is 0 Å². The topological polar surface area (TPSA) is 40.5 Å². The fraction of sp³-hybridized carbons (Fsp3) is 0.267. The first-order chi connectivity index (χ1) is 15.3. The van der Waals surface area contributed by atoms with Gasteiger partial charge in [0.15, 0.2) is 0 Å². The van der Waals surface area contributed by atoms with Gasteiger partial charge in [0, 0.05) is 0 Å². The van der Waals surface area contributed by atoms with Crippen LogP contribution in [-0.4, -0.2) is 10.2 Å². The van der Waals surface area contributed by atoms with E-state index in [0.717, 1.165) is 12.8 Å². The van der Waals surface area contributed by atoms with Crippen molar-refractivity contribution in [2.24, 2.45) is 0 Å². The van der Waals surface area contributed by atoms with Crippen molar-refractivity contribution in [3.05, 3.63) is 118 Å². The van der Waals surface area contributed by atoms with E-state index in [9.17, 15) is 0 Å². The maximum atomic E-state index is 8.94. The Morgan fingerprint density at radius 1 is 0.606 bits per heavy atom. The molecule has 0 radical (unpaired) electrons. The molecule has 33 heavy (non-hydrogen) atoms. The second-order valence-electron chi connectivity index (χ2n) is 7.83. The average Bonchev–Trinajstić information content (AvgIpc) is 3.35. The molecule has 3 heteroatoms. The molecule has 0 saturated carbocycles. The zero-order valence-corrected chi connectivity index (χ0v) is 23.3. The van der Waals surface area contributed by atoms with Gasteiger partial charge in [-0.25, -0.2) is 24.3 Å². The van der Waals surface area contributed by atoms with Crippen molar-refractivity contribution < 1.29 is 36.4 Å². The van der Waals surface area contributed by atoms with E-state index in [1.807, 2.05) is 24.3 Å². The van der Waals surface area contributed by atoms with Gasteiger partial charge in [-0.2, -0.15) is 34.4 Å². The van der Waals surface area contributed by atoms with E-state index in [1.54, 1.807) is 24.3 Å². The van der Waals surface area contributed by atoms with Gasteiger partial charge < -0.3 is 10.2 Å². The summed E-state index contributed by atoms with van der Waals surface area (Å²) in [5, 5.41) is 17.9. The predicted molar refractivity (Wildman–Crippen MR) is 138 cm³/mol. The molecule has 4 aromatic rings. The Bertz CT molecular complexity index is 910. The van der Waals surface area contributed by atoms with E-state index in [4.69, 9.17) is 10.2 Å². The summed E-state index contributed by atoms with van der Waals surface area (Å²) < 4.78 is 0. The summed E-state index contributed by atoms with van der Waals surface area (Å²) in [6.45, 7) is 12.6. The Labute approximate surface area is 219 Å². The maximum absolute atomic E-state index is 8.94. The van der Waals surface area contributed by atoms with E-state index < -0.39 is 0 Å². The predicted octanol–water partition coefficient (Wildman–Crippen LogP) is 7.95. The molecule has 0 aromatic heterocycles. The Hall–Kier alpha value is -2.38. The molecule has 0 aliphatic rings. The average molecular weight is 522 g/mol. The van der Waals surface area contributed by atoms with Gasteiger partial charge in [-0.15, -0.1) is 0 Å². The smallest absolute Gasteiger partial charge is 0.508 e. The summed E-state index contributed by atoms with van der Waals surface area (Å²) in [6.07, 6.45) is 1.96. The fourth-order valence-electron chi connectivity index (χ4n) is 2.75. The SMILES string of the molecule is CCc1cccc(O)c1.CCc1cccc(O)c1.Cc1ccc[c-]1C.Cc1ccc[c-]1C.[Zr+2]. The van der Waals surface area contributed by atoms with Crippen molar-refractivity contribution in [2.45, 2.75) is 54.4 Å². The number of aromatic hydroxyl groups is 2. The number of aryl methyl sites for hydroxylation is 6. The monoisotopic (exact) mass is 520 g/mol. The van der Waals surface area contributed by atoms with Crippen LogP contribution in [0.1, 0.15) is 47.2 Å². The summed E-state index contributed by atoms with van der Waals surface area (Å²) in [6, 6.07) is 27.3. The molecule has 0 unspecified atom stereocenters. The van der Waals surface area contributed by atoms with E-state index in [-0.39, 0.29) is 26.2 Å². The van der Waals surface area contributed by atoms with E-state index in [2.05, 4.69) is 77.9 Å². The summed E-state index contributed by atoms with van der Waals surface area (Å²) >= 11 is 0. The van der Waals surface area contributed by atoms with Crippen molar-refractivity contribution in [1.82, 2.24) is 0 Å². The molecule has 0 atom stereocenters. The minimum Gasteiger partial charge on any atom is -0.508 e. The number of phenols is 2. The molecule has 2 nitrogen and oxygen atoms in total. The molecule has 0 spiro atoms. The van der Waals surface area contributed by atoms with Gasteiger partial charge in [-0.3, -0.25) is 0 Å². The Balaban J connectivity index is 0.000000412. The number of hydrogen-bond donors (Lipinski definition) is 2. The Morgan fingerprint density at radius 2 is 0.970 bits per heavy atom. The number of benzene rings is 2. The van der Waals surface area contributed by atoms with Gasteiger partial charge in [0.25, 0.3) is 0 Å². The second-order valence-corrected chi connectivity index (χ2v) is 7.83. The molecule has 4 rings (SSSR count). The van der Waals surface area contributed by atoms with Crippen LogP contribution in [0.25, 0.3) is 0 Å². The normalized spacial score (nSPS) is 9.15. The van der Waals surface area contributed by atoms with Crippen LogP contribution >= 0.6 is 0 Å². The molecule has 0 saturated heterocycles. The molecule has 174 valence electrons. The van der Waals surface area contributed by atoms with Crippen LogP contribution in [0.15, 0.2) is 84.9 Å². The first kappa shape index (κ1) is 30.6. The largest absolute Gasteiger partial charge is 2.00 e. The van der Waals surface area contributed by atoms with Crippen molar-refractivity contribution in [3.63, 3.8) is 0 Å². The molecule has 4 aromatic carbocycles. The zero-order chi connectivity index (χ0) is 23.9. The van der Waals surface area contributed by atoms with Gasteiger partial charge in [0.1, 0.15) is 11.5 Å². The van der Waals surface area contributed by atoms with Crippen LogP contribution in [-0.2, 0) is 39.0 Å². The molecule has 2 N–H and O–H groups in total. The molecular weight excluding hydrogens is 484 g/mol. The quantitative estimate of drug-likeness (QED) is 0.263. The van der Waals surface area contributed by atoms with Crippen LogP contribution in [0.5, 0.6) is 11.5 Å². The number of phenolic OH excluding ortho intramolecular Hbond substituents is 2. The summed E-state index contributed by atoms with van der Waals surface area (Å²) in [5.41, 5.74) is 7.91. The van der Waals surface area contributed by atoms with Gasteiger partial charge >= 0.3 is 26.2 Å². The number of hydrogen-bond acceptors (Lipinski definition) is 2. The van der Waals surface area contributed by atoms with Crippen LogP contribution < -0.4 is 0 Å². The standard InChI is InChI=1S/2C8H10O.2C7H9.Zr/c2*1-2-7-4-3-5-8(9)6-7;2*1-6-4-3-5-7(6)2;/h2*3-6,9H,2H2,1H3;2*3-5H,1-2H3;/q;;2*-1;+2. The molecule has 0 aliphatic carbocycles. The first-order valence-corrected chi connectivity index (χ1v) is 11.2. The Kier molecular flexibility index (Phi) is 15.9. The van der Waals surface area contributed by atoms with Gasteiger partial charge in [0.05, 0.1) is 0 Å². The molecule has 0 amide bonds. The van der Waals surface area contributed by atoms with E-state index in [1.165, 1.54) is 33.4 Å². The fourth-order valence-corrected chi connectivity index (χ4v) is 2.75. The van der Waals surface area contributed by atoms with Crippen LogP contribution in [0.4, 0.5) is 0 Å². The molecule has 0 heterocycles. The molecular formula is C30H38O2Zr. The first-order valence-electron chi connectivity index (χ1n) is 11.2. The summed E-state index contributed by atoms with van der Waals surface area (Å²) in [4.78, 5) is 0. The third kappa shape index (κ3) is 13.0. The summed E-state index contributed by atoms with van der Waals surface area (Å²) in [5.74, 6) is 0.712. The van der Waals surface area contributed by atoms with Crippen LogP contribution in [0.3, 0.4) is 0 Å². The minimum atomic E-state index is 0. The van der Waals surface area contributed by atoms with Crippen molar-refractivity contribution in [3.8, 4) is 11.5 Å². The molecule has 0 fully saturated rings. The van der Waals surface area contributed by atoms with Crippen LogP contribution in [0, 0.1) is 27.7 Å². The summed E-state index contributed by atoms with van der Waals surface area (Å²) in [7, 11) is 0. The van der Waals surface area contributed by atoms with Crippen molar-refractivity contribution >= 4 is 0 Å². The van der Waals surface area contributed by atoms with Crippen molar-refractivity contribution in [1.29, 1.82) is 0 Å². The van der Waals surface area contributed by atoms with E-state index in [0.29, 0.717) is 11.5 Å². The zero-order valence-electron chi connectivity index (χ0n) is 20.9.